The molecule has 0 saturated heterocycles. The second-order valence-electron chi connectivity index (χ2n) is 8.00. The Morgan fingerprint density at radius 3 is 2.41 bits per heavy atom. The van der Waals surface area contributed by atoms with Crippen LogP contribution in [0.2, 0.25) is 0 Å². The Labute approximate surface area is 171 Å². The molecular formula is C20H30N4O5. The quantitative estimate of drug-likeness (QED) is 0.720. The molecule has 0 saturated carbocycles. The maximum atomic E-state index is 5.76. The fourth-order valence-corrected chi connectivity index (χ4v) is 3.28. The first-order chi connectivity index (χ1) is 13.8. The number of aliphatic imine (C=N–C) groups is 3. The summed E-state index contributed by atoms with van der Waals surface area (Å²) in [4.78, 5) is 14.1. The highest BCUT2D eigenvalue weighted by atomic mass is 16.6. The Hall–Kier alpha value is -2.58. The van der Waals surface area contributed by atoms with Crippen molar-refractivity contribution in [1.29, 1.82) is 0 Å². The third-order valence-corrected chi connectivity index (χ3v) is 4.73. The fraction of sp³-hybridized carbons (Fsp3) is 0.700. The minimum atomic E-state index is -0.391. The molecule has 2 aliphatic rings. The average Bonchev–Trinajstić information content (AvgIpc) is 3.24. The SMILES string of the molecule is CCOc1noc(C2=NC(C)(C)CO2)c1C[C@@H]1N=C(OC)[C@H](C(C)C)N=C1OC. The largest absolute Gasteiger partial charge is 0.483 e. The van der Waals surface area contributed by atoms with Crippen molar-refractivity contribution in [3.05, 3.63) is 11.3 Å². The number of hydrogen-bond donors (Lipinski definition) is 0. The van der Waals surface area contributed by atoms with E-state index >= 15 is 0 Å². The first-order valence-corrected chi connectivity index (χ1v) is 9.87. The maximum absolute atomic E-state index is 5.76. The van der Waals surface area contributed by atoms with Gasteiger partial charge in [0.15, 0.2) is 0 Å². The molecule has 0 fully saturated rings. The molecule has 3 rings (SSSR count). The zero-order valence-corrected chi connectivity index (χ0v) is 18.2. The van der Waals surface area contributed by atoms with E-state index in [0.717, 1.165) is 5.56 Å². The van der Waals surface area contributed by atoms with Crippen molar-refractivity contribution >= 4 is 17.7 Å². The van der Waals surface area contributed by atoms with Crippen LogP contribution in [-0.4, -0.2) is 67.9 Å². The predicted octanol–water partition coefficient (Wildman–Crippen LogP) is 2.67. The second kappa shape index (κ2) is 8.42. The normalized spacial score (nSPS) is 23.2. The van der Waals surface area contributed by atoms with Gasteiger partial charge in [0, 0.05) is 6.42 Å². The smallest absolute Gasteiger partial charge is 0.258 e. The molecule has 29 heavy (non-hydrogen) atoms. The van der Waals surface area contributed by atoms with Crippen LogP contribution in [0.25, 0.3) is 0 Å². The van der Waals surface area contributed by atoms with E-state index in [0.29, 0.717) is 49.0 Å². The molecule has 3 heterocycles. The predicted molar refractivity (Wildman–Crippen MR) is 109 cm³/mol. The summed E-state index contributed by atoms with van der Waals surface area (Å²) in [5.74, 6) is 2.62. The van der Waals surface area contributed by atoms with Crippen LogP contribution in [0.5, 0.6) is 5.88 Å². The first-order valence-electron chi connectivity index (χ1n) is 9.87. The topological polar surface area (TPSA) is 100 Å². The van der Waals surface area contributed by atoms with Gasteiger partial charge in [-0.2, -0.15) is 0 Å². The van der Waals surface area contributed by atoms with Gasteiger partial charge < -0.3 is 23.5 Å². The summed E-state index contributed by atoms with van der Waals surface area (Å²) in [6.45, 7) is 11.0. The summed E-state index contributed by atoms with van der Waals surface area (Å²) in [6, 6.07) is -0.569. The van der Waals surface area contributed by atoms with E-state index in [1.807, 2.05) is 20.8 Å². The van der Waals surface area contributed by atoms with Gasteiger partial charge in [-0.25, -0.2) is 15.0 Å². The average molecular weight is 406 g/mol. The Morgan fingerprint density at radius 1 is 1.14 bits per heavy atom. The summed E-state index contributed by atoms with van der Waals surface area (Å²) in [6.07, 6.45) is 0.404. The molecule has 0 bridgehead atoms. The van der Waals surface area contributed by atoms with Crippen LogP contribution in [0, 0.1) is 5.92 Å². The molecule has 2 aliphatic heterocycles. The van der Waals surface area contributed by atoms with Crippen molar-refractivity contribution < 1.29 is 23.5 Å². The van der Waals surface area contributed by atoms with Crippen molar-refractivity contribution in [2.75, 3.05) is 27.4 Å². The molecule has 0 spiro atoms. The molecule has 0 aromatic carbocycles. The van der Waals surface area contributed by atoms with Crippen molar-refractivity contribution in [1.82, 2.24) is 5.16 Å². The van der Waals surface area contributed by atoms with Crippen molar-refractivity contribution in [2.24, 2.45) is 20.9 Å². The highest BCUT2D eigenvalue weighted by Gasteiger charge is 2.36. The number of ether oxygens (including phenoxy) is 4. The van der Waals surface area contributed by atoms with Crippen LogP contribution in [0.4, 0.5) is 0 Å². The highest BCUT2D eigenvalue weighted by Crippen LogP contribution is 2.30. The Bertz CT molecular complexity index is 825. The summed E-state index contributed by atoms with van der Waals surface area (Å²) < 4.78 is 28.1. The van der Waals surface area contributed by atoms with Gasteiger partial charge in [-0.15, -0.1) is 0 Å². The Morgan fingerprint density at radius 2 is 1.86 bits per heavy atom. The summed E-state index contributed by atoms with van der Waals surface area (Å²) >= 11 is 0. The first kappa shape index (κ1) is 21.1. The van der Waals surface area contributed by atoms with Gasteiger partial charge >= 0.3 is 0 Å². The molecule has 9 nitrogen and oxygen atoms in total. The summed E-state index contributed by atoms with van der Waals surface area (Å²) in [5, 5.41) is 4.08. The number of hydrogen-bond acceptors (Lipinski definition) is 9. The van der Waals surface area contributed by atoms with Crippen molar-refractivity contribution in [2.45, 2.75) is 58.7 Å². The van der Waals surface area contributed by atoms with Crippen molar-refractivity contribution in [3.63, 3.8) is 0 Å². The number of nitrogens with zero attached hydrogens (tertiary/aromatic N) is 4. The van der Waals surface area contributed by atoms with Crippen LogP contribution in [0.3, 0.4) is 0 Å². The molecule has 0 unspecified atom stereocenters. The Balaban J connectivity index is 1.97. The minimum Gasteiger partial charge on any atom is -0.483 e. The van der Waals surface area contributed by atoms with Gasteiger partial charge in [0.1, 0.15) is 18.7 Å². The van der Waals surface area contributed by atoms with Gasteiger partial charge in [0.25, 0.3) is 11.8 Å². The zero-order valence-electron chi connectivity index (χ0n) is 18.2. The molecule has 0 amide bonds. The van der Waals surface area contributed by atoms with Crippen LogP contribution < -0.4 is 4.74 Å². The molecular weight excluding hydrogens is 376 g/mol. The highest BCUT2D eigenvalue weighted by molar-refractivity contribution is 5.96. The molecule has 0 aliphatic carbocycles. The van der Waals surface area contributed by atoms with Gasteiger partial charge in [0.2, 0.25) is 17.6 Å². The minimum absolute atomic E-state index is 0.178. The zero-order chi connectivity index (χ0) is 21.2. The maximum Gasteiger partial charge on any atom is 0.258 e. The van der Waals surface area contributed by atoms with Gasteiger partial charge in [-0.3, -0.25) is 0 Å². The second-order valence-corrected chi connectivity index (χ2v) is 8.00. The van der Waals surface area contributed by atoms with Gasteiger partial charge in [-0.1, -0.05) is 13.8 Å². The lowest BCUT2D eigenvalue weighted by Crippen LogP contribution is -2.38. The van der Waals surface area contributed by atoms with Crippen LogP contribution >= 0.6 is 0 Å². The lowest BCUT2D eigenvalue weighted by Gasteiger charge is -2.27. The Kier molecular flexibility index (Phi) is 6.14. The lowest BCUT2D eigenvalue weighted by atomic mass is 10.0. The van der Waals surface area contributed by atoms with Gasteiger partial charge in [0.05, 0.1) is 31.9 Å². The number of rotatable bonds is 6. The summed E-state index contributed by atoms with van der Waals surface area (Å²) in [7, 11) is 3.21. The number of methoxy groups -OCH3 is 2. The van der Waals surface area contributed by atoms with E-state index < -0.39 is 6.04 Å². The molecule has 0 N–H and O–H groups in total. The molecule has 160 valence electrons. The van der Waals surface area contributed by atoms with E-state index in [4.69, 9.17) is 33.5 Å². The lowest BCUT2D eigenvalue weighted by molar-refractivity contribution is 0.268. The van der Waals surface area contributed by atoms with E-state index in [2.05, 4.69) is 24.0 Å². The number of aromatic nitrogens is 1. The molecule has 1 aromatic heterocycles. The van der Waals surface area contributed by atoms with E-state index in [1.165, 1.54) is 0 Å². The third kappa shape index (κ3) is 4.38. The van der Waals surface area contributed by atoms with Crippen LogP contribution in [0.15, 0.2) is 19.5 Å². The van der Waals surface area contributed by atoms with Gasteiger partial charge in [-0.05, 0) is 31.8 Å². The molecule has 1 aromatic rings. The van der Waals surface area contributed by atoms with E-state index in [-0.39, 0.29) is 17.5 Å². The standard InChI is InChI=1S/C20H30N4O5/c1-8-27-16-12(15(29-24-16)19-23-20(4,5)10-28-19)9-13-17(25-6)22-14(11(2)3)18(21-13)26-7/h11,13-14H,8-10H2,1-7H3/t13-,14-/m0/s1. The third-order valence-electron chi connectivity index (χ3n) is 4.73. The molecule has 2 atom stereocenters. The van der Waals surface area contributed by atoms with E-state index in [9.17, 15) is 0 Å². The molecule has 0 radical (unpaired) electrons. The van der Waals surface area contributed by atoms with Crippen molar-refractivity contribution in [3.8, 4) is 5.88 Å². The van der Waals surface area contributed by atoms with Crippen LogP contribution in [-0.2, 0) is 20.6 Å². The fourth-order valence-electron chi connectivity index (χ4n) is 3.28. The van der Waals surface area contributed by atoms with E-state index in [1.54, 1.807) is 14.2 Å². The van der Waals surface area contributed by atoms with Crippen LogP contribution in [0.1, 0.15) is 45.9 Å². The molecule has 9 heteroatoms. The monoisotopic (exact) mass is 406 g/mol. The summed E-state index contributed by atoms with van der Waals surface area (Å²) in [5.41, 5.74) is 0.404.